The molecule has 2 rings (SSSR count). The lowest BCUT2D eigenvalue weighted by atomic mass is 10.2. The number of rotatable bonds is 3. The predicted molar refractivity (Wildman–Crippen MR) is 60.8 cm³/mol. The first-order chi connectivity index (χ1) is 7.68. The van der Waals surface area contributed by atoms with E-state index in [4.69, 9.17) is 16.2 Å². The number of nitrogen functional groups attached to an aromatic ring is 1. The minimum Gasteiger partial charge on any atom is -0.483 e. The van der Waals surface area contributed by atoms with Crippen LogP contribution in [0.1, 0.15) is 0 Å². The lowest BCUT2D eigenvalue weighted by Crippen LogP contribution is -2.20. The summed E-state index contributed by atoms with van der Waals surface area (Å²) in [6, 6.07) is 6.99. The van der Waals surface area contributed by atoms with Crippen molar-refractivity contribution in [3.8, 4) is 5.75 Å². The third-order valence-electron chi connectivity index (χ3n) is 2.13. The summed E-state index contributed by atoms with van der Waals surface area (Å²) in [6.45, 7) is -0.159. The lowest BCUT2D eigenvalue weighted by Gasteiger charge is -2.08. The van der Waals surface area contributed by atoms with Crippen LogP contribution in [0.4, 0.5) is 5.69 Å². The van der Waals surface area contributed by atoms with Crippen LogP contribution in [0.3, 0.4) is 0 Å². The van der Waals surface area contributed by atoms with Gasteiger partial charge in [-0.05, 0) is 24.3 Å². The van der Waals surface area contributed by atoms with Crippen molar-refractivity contribution in [2.75, 3.05) is 12.3 Å². The normalized spacial score (nSPS) is 10.2. The molecule has 0 radical (unpaired) electrons. The number of anilines is 1. The fraction of sp³-hybridized carbons (Fsp3) is 0.0909. The summed E-state index contributed by atoms with van der Waals surface area (Å²) in [5.41, 5.74) is 12.0. The zero-order valence-corrected chi connectivity index (χ0v) is 8.51. The second kappa shape index (κ2) is 4.06. The van der Waals surface area contributed by atoms with Gasteiger partial charge in [-0.3, -0.25) is 9.78 Å². The number of amides is 1. The van der Waals surface area contributed by atoms with Crippen molar-refractivity contribution in [3.05, 3.63) is 30.5 Å². The highest BCUT2D eigenvalue weighted by Gasteiger charge is 2.06. The van der Waals surface area contributed by atoms with Gasteiger partial charge in [-0.1, -0.05) is 0 Å². The Morgan fingerprint density at radius 1 is 1.38 bits per heavy atom. The number of fused-ring (bicyclic) bond motifs is 1. The summed E-state index contributed by atoms with van der Waals surface area (Å²) in [5, 5.41) is 0.767. The molecule has 0 saturated carbocycles. The zero-order chi connectivity index (χ0) is 11.5. The van der Waals surface area contributed by atoms with Gasteiger partial charge in [0, 0.05) is 11.6 Å². The fourth-order valence-electron chi connectivity index (χ4n) is 1.44. The molecule has 0 atom stereocenters. The largest absolute Gasteiger partial charge is 0.483 e. The van der Waals surface area contributed by atoms with Gasteiger partial charge < -0.3 is 16.2 Å². The van der Waals surface area contributed by atoms with Crippen LogP contribution in [0.25, 0.3) is 10.9 Å². The molecule has 0 aliphatic carbocycles. The van der Waals surface area contributed by atoms with E-state index in [2.05, 4.69) is 4.98 Å². The molecule has 82 valence electrons. The third-order valence-corrected chi connectivity index (χ3v) is 2.13. The van der Waals surface area contributed by atoms with E-state index in [1.807, 2.05) is 6.07 Å². The van der Waals surface area contributed by atoms with Crippen molar-refractivity contribution in [1.29, 1.82) is 0 Å². The Balaban J connectivity index is 2.46. The lowest BCUT2D eigenvalue weighted by molar-refractivity contribution is -0.119. The first-order valence-corrected chi connectivity index (χ1v) is 4.73. The van der Waals surface area contributed by atoms with Crippen molar-refractivity contribution in [3.63, 3.8) is 0 Å². The molecule has 0 spiro atoms. The van der Waals surface area contributed by atoms with Crippen LogP contribution in [0.15, 0.2) is 30.5 Å². The van der Waals surface area contributed by atoms with Crippen LogP contribution in [0.5, 0.6) is 5.75 Å². The van der Waals surface area contributed by atoms with Crippen molar-refractivity contribution < 1.29 is 9.53 Å². The maximum Gasteiger partial charge on any atom is 0.255 e. The van der Waals surface area contributed by atoms with Crippen molar-refractivity contribution in [2.45, 2.75) is 0 Å². The molecule has 0 bridgehead atoms. The van der Waals surface area contributed by atoms with E-state index in [-0.39, 0.29) is 6.61 Å². The number of benzene rings is 1. The first-order valence-electron chi connectivity index (χ1n) is 4.73. The predicted octanol–water partition coefficient (Wildman–Crippen LogP) is 0.681. The molecule has 0 aliphatic rings. The number of nitrogens with two attached hydrogens (primary N) is 2. The highest BCUT2D eigenvalue weighted by Crippen LogP contribution is 2.28. The number of hydrogen-bond acceptors (Lipinski definition) is 4. The molecule has 0 fully saturated rings. The van der Waals surface area contributed by atoms with Gasteiger partial charge in [0.2, 0.25) is 0 Å². The quantitative estimate of drug-likeness (QED) is 0.739. The molecular formula is C11H11N3O2. The second-order valence-electron chi connectivity index (χ2n) is 3.31. The molecule has 0 aliphatic heterocycles. The second-order valence-corrected chi connectivity index (χ2v) is 3.31. The minimum atomic E-state index is -0.520. The van der Waals surface area contributed by atoms with Gasteiger partial charge in [0.1, 0.15) is 5.75 Å². The molecule has 2 aromatic rings. The summed E-state index contributed by atoms with van der Waals surface area (Å²) in [6.07, 6.45) is 1.65. The standard InChI is InChI=1S/C11H11N3O2/c12-8-3-4-9(16-6-10(13)15)7-2-1-5-14-11(7)8/h1-5H,6,12H2,(H2,13,15). The molecule has 1 amide bonds. The highest BCUT2D eigenvalue weighted by molar-refractivity contribution is 5.93. The topological polar surface area (TPSA) is 91.2 Å². The van der Waals surface area contributed by atoms with Crippen LogP contribution in [-0.2, 0) is 4.79 Å². The van der Waals surface area contributed by atoms with Gasteiger partial charge in [0.25, 0.3) is 5.91 Å². The number of primary amides is 1. The third kappa shape index (κ3) is 1.88. The van der Waals surface area contributed by atoms with E-state index in [0.29, 0.717) is 17.0 Å². The molecule has 1 aromatic carbocycles. The molecule has 16 heavy (non-hydrogen) atoms. The first kappa shape index (κ1) is 10.2. The average molecular weight is 217 g/mol. The fourth-order valence-corrected chi connectivity index (χ4v) is 1.44. The van der Waals surface area contributed by atoms with Crippen LogP contribution in [0.2, 0.25) is 0 Å². The Hall–Kier alpha value is -2.30. The summed E-state index contributed by atoms with van der Waals surface area (Å²) < 4.78 is 5.27. The van der Waals surface area contributed by atoms with Crippen molar-refractivity contribution in [2.24, 2.45) is 5.73 Å². The van der Waals surface area contributed by atoms with Crippen LogP contribution in [0, 0.1) is 0 Å². The van der Waals surface area contributed by atoms with Gasteiger partial charge in [-0.15, -0.1) is 0 Å². The summed E-state index contributed by atoms with van der Waals surface area (Å²) in [7, 11) is 0. The Bertz CT molecular complexity index is 540. The number of carbonyl (C=O) groups is 1. The highest BCUT2D eigenvalue weighted by atomic mass is 16.5. The van der Waals surface area contributed by atoms with Crippen LogP contribution in [-0.4, -0.2) is 17.5 Å². The molecule has 4 N–H and O–H groups in total. The maximum atomic E-state index is 10.6. The minimum absolute atomic E-state index is 0.159. The van der Waals surface area contributed by atoms with E-state index >= 15 is 0 Å². The molecule has 5 heteroatoms. The average Bonchev–Trinajstić information content (AvgIpc) is 2.28. The smallest absolute Gasteiger partial charge is 0.255 e. The number of aromatic nitrogens is 1. The number of ether oxygens (including phenoxy) is 1. The van der Waals surface area contributed by atoms with Gasteiger partial charge in [-0.25, -0.2) is 0 Å². The molecule has 1 heterocycles. The van der Waals surface area contributed by atoms with E-state index in [1.54, 1.807) is 24.4 Å². The number of pyridine rings is 1. The van der Waals surface area contributed by atoms with E-state index < -0.39 is 5.91 Å². The van der Waals surface area contributed by atoms with Gasteiger partial charge >= 0.3 is 0 Å². The Kier molecular flexibility index (Phi) is 2.59. The number of nitrogens with zero attached hydrogens (tertiary/aromatic N) is 1. The van der Waals surface area contributed by atoms with E-state index in [1.165, 1.54) is 0 Å². The SMILES string of the molecule is NC(=O)COc1ccc(N)c2ncccc12. The number of carbonyl (C=O) groups excluding carboxylic acids is 1. The Morgan fingerprint density at radius 3 is 2.94 bits per heavy atom. The maximum absolute atomic E-state index is 10.6. The molecule has 0 unspecified atom stereocenters. The van der Waals surface area contributed by atoms with Crippen molar-refractivity contribution >= 4 is 22.5 Å². The molecule has 0 saturated heterocycles. The summed E-state index contributed by atoms with van der Waals surface area (Å²) in [4.78, 5) is 14.8. The van der Waals surface area contributed by atoms with E-state index in [0.717, 1.165) is 5.39 Å². The van der Waals surface area contributed by atoms with E-state index in [9.17, 15) is 4.79 Å². The Morgan fingerprint density at radius 2 is 2.19 bits per heavy atom. The van der Waals surface area contributed by atoms with Gasteiger partial charge in [0.15, 0.2) is 6.61 Å². The Labute approximate surface area is 92.0 Å². The monoisotopic (exact) mass is 217 g/mol. The molecule has 5 nitrogen and oxygen atoms in total. The number of hydrogen-bond donors (Lipinski definition) is 2. The summed E-state index contributed by atoms with van der Waals surface area (Å²) in [5.74, 6) is 0.0324. The van der Waals surface area contributed by atoms with Crippen molar-refractivity contribution in [1.82, 2.24) is 4.98 Å². The zero-order valence-electron chi connectivity index (χ0n) is 8.51. The molecule has 1 aromatic heterocycles. The van der Waals surface area contributed by atoms with Crippen LogP contribution < -0.4 is 16.2 Å². The summed E-state index contributed by atoms with van der Waals surface area (Å²) >= 11 is 0. The van der Waals surface area contributed by atoms with Gasteiger partial charge in [-0.2, -0.15) is 0 Å². The van der Waals surface area contributed by atoms with Gasteiger partial charge in [0.05, 0.1) is 11.2 Å². The molecular weight excluding hydrogens is 206 g/mol. The van der Waals surface area contributed by atoms with Crippen LogP contribution >= 0.6 is 0 Å².